The van der Waals surface area contributed by atoms with Crippen LogP contribution >= 0.6 is 11.6 Å². The third kappa shape index (κ3) is 3.71. The van der Waals surface area contributed by atoms with Gasteiger partial charge in [-0.15, -0.1) is 0 Å². The summed E-state index contributed by atoms with van der Waals surface area (Å²) < 4.78 is 0. The lowest BCUT2D eigenvalue weighted by Gasteiger charge is -2.28. The van der Waals surface area contributed by atoms with E-state index in [9.17, 15) is 9.59 Å². The number of fused-ring (bicyclic) bond motifs is 1. The summed E-state index contributed by atoms with van der Waals surface area (Å²) in [7, 11) is 0. The maximum absolute atomic E-state index is 12.3. The predicted octanol–water partition coefficient (Wildman–Crippen LogP) is 3.25. The summed E-state index contributed by atoms with van der Waals surface area (Å²) in [6, 6.07) is 15.1. The molecule has 0 aromatic heterocycles. The molecule has 0 radical (unpaired) electrons. The number of rotatable bonds is 3. The molecule has 0 saturated carbocycles. The van der Waals surface area contributed by atoms with Crippen molar-refractivity contribution in [1.29, 1.82) is 0 Å². The molecule has 2 aromatic carbocycles. The Labute approximate surface area is 140 Å². The van der Waals surface area contributed by atoms with Gasteiger partial charge >= 0.3 is 0 Å². The van der Waals surface area contributed by atoms with Gasteiger partial charge in [0.1, 0.15) is 6.42 Å². The molecule has 0 saturated heterocycles. The minimum Gasteiger partial charge on any atom is -0.338 e. The quantitative estimate of drug-likeness (QED) is 0.879. The van der Waals surface area contributed by atoms with Crippen LogP contribution in [0.25, 0.3) is 0 Å². The van der Waals surface area contributed by atoms with E-state index in [0.717, 1.165) is 12.0 Å². The van der Waals surface area contributed by atoms with E-state index in [1.807, 2.05) is 18.2 Å². The molecule has 0 bridgehead atoms. The Hall–Kier alpha value is -2.33. The first-order chi connectivity index (χ1) is 11.1. The summed E-state index contributed by atoms with van der Waals surface area (Å²) in [5.41, 5.74) is 2.95. The number of nitrogens with one attached hydrogen (secondary N) is 1. The highest BCUT2D eigenvalue weighted by atomic mass is 35.5. The first-order valence-corrected chi connectivity index (χ1v) is 7.90. The van der Waals surface area contributed by atoms with Gasteiger partial charge in [-0.25, -0.2) is 0 Å². The molecule has 0 spiro atoms. The molecule has 3 rings (SSSR count). The average molecular weight is 329 g/mol. The molecule has 1 aliphatic heterocycles. The monoisotopic (exact) mass is 328 g/mol. The minimum absolute atomic E-state index is 0.163. The van der Waals surface area contributed by atoms with Crippen LogP contribution in [-0.2, 0) is 22.6 Å². The number of carbonyl (C=O) groups excluding carboxylic acids is 2. The third-order valence-corrected chi connectivity index (χ3v) is 4.27. The molecule has 1 N–H and O–H groups in total. The molecule has 118 valence electrons. The van der Waals surface area contributed by atoms with Crippen LogP contribution in [0.5, 0.6) is 0 Å². The molecule has 23 heavy (non-hydrogen) atoms. The highest BCUT2D eigenvalue weighted by Gasteiger charge is 2.22. The standard InChI is InChI=1S/C18H17ClN2O2/c19-15-7-3-4-8-16(15)20-17(22)11-18(23)21-10-9-13-5-1-2-6-14(13)12-21/h1-8H,9-12H2,(H,20,22). The van der Waals surface area contributed by atoms with Crippen molar-refractivity contribution in [2.75, 3.05) is 11.9 Å². The highest BCUT2D eigenvalue weighted by Crippen LogP contribution is 2.21. The summed E-state index contributed by atoms with van der Waals surface area (Å²) >= 11 is 6.00. The Morgan fingerprint density at radius 2 is 1.74 bits per heavy atom. The number of anilines is 1. The second kappa shape index (κ2) is 6.84. The van der Waals surface area contributed by atoms with Crippen LogP contribution in [0.15, 0.2) is 48.5 Å². The fourth-order valence-corrected chi connectivity index (χ4v) is 2.90. The van der Waals surface area contributed by atoms with Gasteiger partial charge in [0.25, 0.3) is 0 Å². The van der Waals surface area contributed by atoms with Crippen LogP contribution in [0.1, 0.15) is 17.5 Å². The molecule has 2 aromatic rings. The SMILES string of the molecule is O=C(CC(=O)N1CCc2ccccc2C1)Nc1ccccc1Cl. The number of amides is 2. The number of hydrogen-bond acceptors (Lipinski definition) is 2. The van der Waals surface area contributed by atoms with Crippen molar-refractivity contribution in [3.05, 3.63) is 64.7 Å². The summed E-state index contributed by atoms with van der Waals surface area (Å²) in [5, 5.41) is 3.14. The van der Waals surface area contributed by atoms with Crippen molar-refractivity contribution in [3.63, 3.8) is 0 Å². The van der Waals surface area contributed by atoms with Gasteiger partial charge < -0.3 is 10.2 Å². The smallest absolute Gasteiger partial charge is 0.233 e. The lowest BCUT2D eigenvalue weighted by molar-refractivity contribution is -0.135. The summed E-state index contributed by atoms with van der Waals surface area (Å²) in [6.45, 7) is 1.21. The highest BCUT2D eigenvalue weighted by molar-refractivity contribution is 6.33. The van der Waals surface area contributed by atoms with Gasteiger partial charge in [0, 0.05) is 13.1 Å². The van der Waals surface area contributed by atoms with Crippen molar-refractivity contribution >= 4 is 29.1 Å². The second-order valence-electron chi connectivity index (χ2n) is 5.54. The van der Waals surface area contributed by atoms with E-state index in [2.05, 4.69) is 11.4 Å². The Bertz CT molecular complexity index is 745. The lowest BCUT2D eigenvalue weighted by Crippen LogP contribution is -2.37. The molecule has 5 heteroatoms. The fraction of sp³-hybridized carbons (Fsp3) is 0.222. The molecule has 2 amide bonds. The van der Waals surface area contributed by atoms with E-state index in [1.165, 1.54) is 5.56 Å². The largest absolute Gasteiger partial charge is 0.338 e. The van der Waals surface area contributed by atoms with Crippen molar-refractivity contribution < 1.29 is 9.59 Å². The number of nitrogens with zero attached hydrogens (tertiary/aromatic N) is 1. The normalized spacial score (nSPS) is 13.3. The number of benzene rings is 2. The Balaban J connectivity index is 1.59. The van der Waals surface area contributed by atoms with Gasteiger partial charge in [0.2, 0.25) is 11.8 Å². The van der Waals surface area contributed by atoms with E-state index >= 15 is 0 Å². The van der Waals surface area contributed by atoms with E-state index in [-0.39, 0.29) is 18.2 Å². The topological polar surface area (TPSA) is 49.4 Å². The van der Waals surface area contributed by atoms with Gasteiger partial charge in [-0.3, -0.25) is 9.59 Å². The van der Waals surface area contributed by atoms with E-state index < -0.39 is 0 Å². The van der Waals surface area contributed by atoms with Crippen LogP contribution in [0.4, 0.5) is 5.69 Å². The van der Waals surface area contributed by atoms with Gasteiger partial charge in [-0.05, 0) is 29.7 Å². The lowest BCUT2D eigenvalue weighted by atomic mass is 10.00. The Kier molecular flexibility index (Phi) is 4.63. The van der Waals surface area contributed by atoms with Crippen LogP contribution in [0, 0.1) is 0 Å². The van der Waals surface area contributed by atoms with Gasteiger partial charge in [-0.2, -0.15) is 0 Å². The molecule has 0 unspecified atom stereocenters. The molecule has 0 aliphatic carbocycles. The van der Waals surface area contributed by atoms with E-state index in [0.29, 0.717) is 23.8 Å². The Morgan fingerprint density at radius 3 is 2.52 bits per heavy atom. The van der Waals surface area contributed by atoms with Crippen molar-refractivity contribution in [2.24, 2.45) is 0 Å². The number of para-hydroxylation sites is 1. The maximum atomic E-state index is 12.3. The zero-order valence-electron chi connectivity index (χ0n) is 12.6. The summed E-state index contributed by atoms with van der Waals surface area (Å²) in [5.74, 6) is -0.508. The Morgan fingerprint density at radius 1 is 1.04 bits per heavy atom. The first kappa shape index (κ1) is 15.6. The zero-order valence-corrected chi connectivity index (χ0v) is 13.3. The van der Waals surface area contributed by atoms with Crippen molar-refractivity contribution in [3.8, 4) is 0 Å². The number of halogens is 1. The predicted molar refractivity (Wildman–Crippen MR) is 90.3 cm³/mol. The van der Waals surface area contributed by atoms with E-state index in [1.54, 1.807) is 29.2 Å². The molecule has 0 atom stereocenters. The van der Waals surface area contributed by atoms with Crippen LogP contribution in [0.2, 0.25) is 5.02 Å². The van der Waals surface area contributed by atoms with Gasteiger partial charge in [0.05, 0.1) is 10.7 Å². The molecular weight excluding hydrogens is 312 g/mol. The average Bonchev–Trinajstić information content (AvgIpc) is 2.56. The second-order valence-corrected chi connectivity index (χ2v) is 5.95. The third-order valence-electron chi connectivity index (χ3n) is 3.94. The van der Waals surface area contributed by atoms with Crippen molar-refractivity contribution in [2.45, 2.75) is 19.4 Å². The summed E-state index contributed by atoms with van der Waals surface area (Å²) in [4.78, 5) is 26.1. The van der Waals surface area contributed by atoms with Crippen molar-refractivity contribution in [1.82, 2.24) is 4.90 Å². The molecule has 0 fully saturated rings. The minimum atomic E-state index is -0.345. The van der Waals surface area contributed by atoms with Gasteiger partial charge in [-0.1, -0.05) is 48.0 Å². The maximum Gasteiger partial charge on any atom is 0.233 e. The summed E-state index contributed by atoms with van der Waals surface area (Å²) in [6.07, 6.45) is 0.654. The van der Waals surface area contributed by atoms with Crippen LogP contribution in [-0.4, -0.2) is 23.3 Å². The van der Waals surface area contributed by atoms with Crippen LogP contribution < -0.4 is 5.32 Å². The van der Waals surface area contributed by atoms with Crippen LogP contribution in [0.3, 0.4) is 0 Å². The first-order valence-electron chi connectivity index (χ1n) is 7.52. The molecule has 1 aliphatic rings. The zero-order chi connectivity index (χ0) is 16.2. The van der Waals surface area contributed by atoms with E-state index in [4.69, 9.17) is 11.6 Å². The fourth-order valence-electron chi connectivity index (χ4n) is 2.71. The molecular formula is C18H17ClN2O2. The molecule has 1 heterocycles. The van der Waals surface area contributed by atoms with Gasteiger partial charge in [0.15, 0.2) is 0 Å². The number of hydrogen-bond donors (Lipinski definition) is 1. The molecule has 4 nitrogen and oxygen atoms in total. The number of carbonyl (C=O) groups is 2.